The van der Waals surface area contributed by atoms with E-state index >= 15 is 0 Å². The molecule has 0 bridgehead atoms. The van der Waals surface area contributed by atoms with Crippen molar-refractivity contribution in [1.82, 2.24) is 0 Å². The highest BCUT2D eigenvalue weighted by Crippen LogP contribution is 2.48. The van der Waals surface area contributed by atoms with E-state index in [9.17, 15) is 4.79 Å². The molecule has 1 saturated heterocycles. The number of hydrogen-bond acceptors (Lipinski definition) is 3. The zero-order chi connectivity index (χ0) is 9.31. The van der Waals surface area contributed by atoms with E-state index in [4.69, 9.17) is 9.47 Å². The van der Waals surface area contributed by atoms with Gasteiger partial charge in [0.1, 0.15) is 5.60 Å². The van der Waals surface area contributed by atoms with Crippen molar-refractivity contribution in [3.8, 4) is 0 Å². The molecule has 0 aromatic rings. The van der Waals surface area contributed by atoms with Crippen LogP contribution in [-0.2, 0) is 14.3 Å². The molecule has 0 amide bonds. The maximum atomic E-state index is 11.3. The van der Waals surface area contributed by atoms with Crippen molar-refractivity contribution in [2.75, 3.05) is 6.61 Å². The SMILES string of the molecule is CCOC(=O)[C@@H]1OC12CCCCC2. The van der Waals surface area contributed by atoms with Crippen LogP contribution < -0.4 is 0 Å². The van der Waals surface area contributed by atoms with Crippen LogP contribution in [0.5, 0.6) is 0 Å². The van der Waals surface area contributed by atoms with E-state index in [1.54, 1.807) is 0 Å². The van der Waals surface area contributed by atoms with Crippen LogP contribution in [0.15, 0.2) is 0 Å². The van der Waals surface area contributed by atoms with E-state index in [-0.39, 0.29) is 17.7 Å². The van der Waals surface area contributed by atoms with E-state index in [1.165, 1.54) is 19.3 Å². The lowest BCUT2D eigenvalue weighted by atomic mass is 9.86. The number of carbonyl (C=O) groups excluding carboxylic acids is 1. The van der Waals surface area contributed by atoms with Crippen molar-refractivity contribution in [2.45, 2.75) is 50.7 Å². The van der Waals surface area contributed by atoms with Crippen molar-refractivity contribution < 1.29 is 14.3 Å². The van der Waals surface area contributed by atoms with E-state index in [0.717, 1.165) is 12.8 Å². The van der Waals surface area contributed by atoms with E-state index < -0.39 is 0 Å². The fraction of sp³-hybridized carbons (Fsp3) is 0.900. The van der Waals surface area contributed by atoms with Gasteiger partial charge in [0.05, 0.1) is 6.61 Å². The molecular formula is C10H16O3. The van der Waals surface area contributed by atoms with Gasteiger partial charge in [0.25, 0.3) is 0 Å². The summed E-state index contributed by atoms with van der Waals surface area (Å²) in [5, 5.41) is 0. The lowest BCUT2D eigenvalue weighted by molar-refractivity contribution is -0.144. The Bertz CT molecular complexity index is 206. The Balaban J connectivity index is 1.88. The number of epoxide rings is 1. The number of esters is 1. The Morgan fingerprint density at radius 2 is 2.15 bits per heavy atom. The first kappa shape index (κ1) is 9.00. The van der Waals surface area contributed by atoms with Gasteiger partial charge in [0, 0.05) is 0 Å². The van der Waals surface area contributed by atoms with Crippen LogP contribution in [0, 0.1) is 0 Å². The van der Waals surface area contributed by atoms with Gasteiger partial charge in [-0.2, -0.15) is 0 Å². The van der Waals surface area contributed by atoms with Crippen LogP contribution >= 0.6 is 0 Å². The quantitative estimate of drug-likeness (QED) is 0.484. The summed E-state index contributed by atoms with van der Waals surface area (Å²) in [6.07, 6.45) is 5.49. The Morgan fingerprint density at radius 3 is 2.77 bits per heavy atom. The second-order valence-corrected chi connectivity index (χ2v) is 3.88. The first-order valence-corrected chi connectivity index (χ1v) is 5.13. The van der Waals surface area contributed by atoms with Crippen molar-refractivity contribution >= 4 is 5.97 Å². The van der Waals surface area contributed by atoms with Gasteiger partial charge in [-0.05, 0) is 19.8 Å². The molecule has 3 nitrogen and oxygen atoms in total. The summed E-state index contributed by atoms with van der Waals surface area (Å²) in [4.78, 5) is 11.3. The standard InChI is InChI=1S/C10H16O3/c1-2-12-9(11)8-10(13-8)6-4-3-5-7-10/h8H,2-7H2,1H3/t8-/m0/s1. The van der Waals surface area contributed by atoms with Crippen LogP contribution in [0.4, 0.5) is 0 Å². The molecule has 0 radical (unpaired) electrons. The largest absolute Gasteiger partial charge is 0.464 e. The van der Waals surface area contributed by atoms with Gasteiger partial charge in [-0.25, -0.2) is 4.79 Å². The summed E-state index contributed by atoms with van der Waals surface area (Å²) in [5.41, 5.74) is -0.107. The predicted molar refractivity (Wildman–Crippen MR) is 47.3 cm³/mol. The minimum Gasteiger partial charge on any atom is -0.464 e. The van der Waals surface area contributed by atoms with Gasteiger partial charge in [-0.1, -0.05) is 19.3 Å². The van der Waals surface area contributed by atoms with Gasteiger partial charge in [0.2, 0.25) is 0 Å². The summed E-state index contributed by atoms with van der Waals surface area (Å²) in [7, 11) is 0. The lowest BCUT2D eigenvalue weighted by Crippen LogP contribution is -2.25. The normalized spacial score (nSPS) is 30.1. The molecule has 3 heteroatoms. The molecular weight excluding hydrogens is 168 g/mol. The molecule has 74 valence electrons. The summed E-state index contributed by atoms with van der Waals surface area (Å²) < 4.78 is 10.4. The highest BCUT2D eigenvalue weighted by molar-refractivity contribution is 5.79. The molecule has 2 rings (SSSR count). The average molecular weight is 184 g/mol. The van der Waals surface area contributed by atoms with Gasteiger partial charge < -0.3 is 9.47 Å². The zero-order valence-corrected chi connectivity index (χ0v) is 8.04. The van der Waals surface area contributed by atoms with Gasteiger partial charge in [0.15, 0.2) is 6.10 Å². The maximum absolute atomic E-state index is 11.3. The summed E-state index contributed by atoms with van der Waals surface area (Å²) >= 11 is 0. The molecule has 2 fully saturated rings. The van der Waals surface area contributed by atoms with Crippen LogP contribution in [-0.4, -0.2) is 24.3 Å². The minimum atomic E-state index is -0.243. The first-order valence-electron chi connectivity index (χ1n) is 5.13. The molecule has 13 heavy (non-hydrogen) atoms. The minimum absolute atomic E-state index is 0.107. The van der Waals surface area contributed by atoms with Gasteiger partial charge >= 0.3 is 5.97 Å². The van der Waals surface area contributed by atoms with Crippen molar-refractivity contribution in [1.29, 1.82) is 0 Å². The Morgan fingerprint density at radius 1 is 1.46 bits per heavy atom. The first-order chi connectivity index (χ1) is 6.28. The average Bonchev–Trinajstić information content (AvgIpc) is 2.81. The van der Waals surface area contributed by atoms with Crippen molar-refractivity contribution in [3.05, 3.63) is 0 Å². The molecule has 2 aliphatic rings. The third-order valence-corrected chi connectivity index (χ3v) is 2.97. The monoisotopic (exact) mass is 184 g/mol. The van der Waals surface area contributed by atoms with Gasteiger partial charge in [-0.15, -0.1) is 0 Å². The molecule has 1 spiro atoms. The van der Waals surface area contributed by atoms with Gasteiger partial charge in [-0.3, -0.25) is 0 Å². The molecule has 0 unspecified atom stereocenters. The third kappa shape index (κ3) is 1.57. The molecule has 0 N–H and O–H groups in total. The maximum Gasteiger partial charge on any atom is 0.338 e. The van der Waals surface area contributed by atoms with Crippen LogP contribution in [0.1, 0.15) is 39.0 Å². The Kier molecular flexibility index (Phi) is 2.28. The Hall–Kier alpha value is -0.570. The number of hydrogen-bond donors (Lipinski definition) is 0. The molecule has 1 aliphatic heterocycles. The molecule has 0 aromatic carbocycles. The summed E-state index contributed by atoms with van der Waals surface area (Å²) in [6, 6.07) is 0. The van der Waals surface area contributed by atoms with E-state index in [2.05, 4.69) is 0 Å². The fourth-order valence-electron chi connectivity index (χ4n) is 2.21. The number of ether oxygens (including phenoxy) is 2. The molecule has 0 aromatic heterocycles. The number of rotatable bonds is 2. The topological polar surface area (TPSA) is 38.8 Å². The van der Waals surface area contributed by atoms with Crippen LogP contribution in [0.2, 0.25) is 0 Å². The summed E-state index contributed by atoms with van der Waals surface area (Å²) in [6.45, 7) is 2.28. The van der Waals surface area contributed by atoms with Crippen molar-refractivity contribution in [2.24, 2.45) is 0 Å². The summed E-state index contributed by atoms with van der Waals surface area (Å²) in [5.74, 6) is -0.163. The highest BCUT2D eigenvalue weighted by Gasteiger charge is 2.61. The number of carbonyl (C=O) groups is 1. The second kappa shape index (κ2) is 3.29. The smallest absolute Gasteiger partial charge is 0.338 e. The molecule has 1 heterocycles. The second-order valence-electron chi connectivity index (χ2n) is 3.88. The molecule has 1 saturated carbocycles. The van der Waals surface area contributed by atoms with Crippen molar-refractivity contribution in [3.63, 3.8) is 0 Å². The zero-order valence-electron chi connectivity index (χ0n) is 8.04. The van der Waals surface area contributed by atoms with Crippen LogP contribution in [0.25, 0.3) is 0 Å². The van der Waals surface area contributed by atoms with E-state index in [1.807, 2.05) is 6.92 Å². The van der Waals surface area contributed by atoms with E-state index in [0.29, 0.717) is 6.61 Å². The third-order valence-electron chi connectivity index (χ3n) is 2.97. The predicted octanol–water partition coefficient (Wildman–Crippen LogP) is 1.65. The molecule has 1 aliphatic carbocycles. The Labute approximate surface area is 78.4 Å². The highest BCUT2D eigenvalue weighted by atomic mass is 16.7. The lowest BCUT2D eigenvalue weighted by Gasteiger charge is -2.17. The fourth-order valence-corrected chi connectivity index (χ4v) is 2.21. The molecule has 1 atom stereocenters. The van der Waals surface area contributed by atoms with Crippen LogP contribution in [0.3, 0.4) is 0 Å².